The van der Waals surface area contributed by atoms with E-state index in [0.717, 1.165) is 81.6 Å². The SMILES string of the molecule is CCCN1CCN(C(=O)c2ccc(-c3cc(Cl)c(CC4CCN(C5CCCCC5)C4=O)c(Cl)c3)cc2)CC1. The minimum absolute atomic E-state index is 0.0492. The summed E-state index contributed by atoms with van der Waals surface area (Å²) in [6.45, 7) is 7.55. The van der Waals surface area contributed by atoms with Gasteiger partial charge in [0.05, 0.1) is 0 Å². The molecule has 0 aromatic heterocycles. The lowest BCUT2D eigenvalue weighted by molar-refractivity contribution is -0.133. The Balaban J connectivity index is 1.23. The molecule has 7 heteroatoms. The summed E-state index contributed by atoms with van der Waals surface area (Å²) in [5, 5.41) is 1.20. The van der Waals surface area contributed by atoms with Crippen LogP contribution in [0, 0.1) is 5.92 Å². The molecule has 0 radical (unpaired) electrons. The first-order valence-corrected chi connectivity index (χ1v) is 15.1. The van der Waals surface area contributed by atoms with Crippen LogP contribution in [0.2, 0.25) is 10.0 Å². The third-order valence-electron chi connectivity index (χ3n) is 8.62. The van der Waals surface area contributed by atoms with E-state index < -0.39 is 0 Å². The molecule has 38 heavy (non-hydrogen) atoms. The molecule has 204 valence electrons. The summed E-state index contributed by atoms with van der Waals surface area (Å²) in [5.74, 6) is 0.301. The van der Waals surface area contributed by atoms with Crippen molar-refractivity contribution in [3.63, 3.8) is 0 Å². The Morgan fingerprint density at radius 3 is 2.16 bits per heavy atom. The molecule has 1 saturated carbocycles. The second-order valence-electron chi connectivity index (χ2n) is 11.1. The minimum Gasteiger partial charge on any atom is -0.339 e. The Labute approximate surface area is 237 Å². The fourth-order valence-electron chi connectivity index (χ4n) is 6.40. The minimum atomic E-state index is -0.0492. The average molecular weight is 557 g/mol. The van der Waals surface area contributed by atoms with E-state index in [2.05, 4.69) is 16.7 Å². The highest BCUT2D eigenvalue weighted by Gasteiger charge is 2.36. The Morgan fingerprint density at radius 2 is 1.53 bits per heavy atom. The third-order valence-corrected chi connectivity index (χ3v) is 9.30. The van der Waals surface area contributed by atoms with Crippen LogP contribution >= 0.6 is 23.2 Å². The number of benzene rings is 2. The normalized spacial score (nSPS) is 21.3. The van der Waals surface area contributed by atoms with E-state index in [1.54, 1.807) is 0 Å². The van der Waals surface area contributed by atoms with Crippen LogP contribution in [0.1, 0.15) is 67.8 Å². The molecule has 1 aliphatic carbocycles. The highest BCUT2D eigenvalue weighted by Crippen LogP contribution is 2.36. The van der Waals surface area contributed by atoms with Crippen molar-refractivity contribution in [2.24, 2.45) is 5.92 Å². The lowest BCUT2D eigenvalue weighted by atomic mass is 9.93. The van der Waals surface area contributed by atoms with Crippen molar-refractivity contribution in [2.75, 3.05) is 39.3 Å². The van der Waals surface area contributed by atoms with Gasteiger partial charge in [-0.05, 0) is 79.6 Å². The van der Waals surface area contributed by atoms with Gasteiger partial charge in [0.2, 0.25) is 5.91 Å². The molecule has 1 unspecified atom stereocenters. The van der Waals surface area contributed by atoms with Crippen molar-refractivity contribution in [3.8, 4) is 11.1 Å². The monoisotopic (exact) mass is 555 g/mol. The predicted molar refractivity (Wildman–Crippen MR) is 155 cm³/mol. The maximum atomic E-state index is 13.2. The molecule has 0 bridgehead atoms. The Morgan fingerprint density at radius 1 is 0.868 bits per heavy atom. The molecule has 2 heterocycles. The first-order valence-electron chi connectivity index (χ1n) is 14.3. The van der Waals surface area contributed by atoms with Gasteiger partial charge in [-0.25, -0.2) is 0 Å². The number of hydrogen-bond acceptors (Lipinski definition) is 3. The van der Waals surface area contributed by atoms with Gasteiger partial charge >= 0.3 is 0 Å². The van der Waals surface area contributed by atoms with Gasteiger partial charge in [0.25, 0.3) is 5.91 Å². The molecule has 5 rings (SSSR count). The number of rotatable bonds is 7. The van der Waals surface area contributed by atoms with E-state index in [9.17, 15) is 9.59 Å². The van der Waals surface area contributed by atoms with Crippen LogP contribution in [0.15, 0.2) is 36.4 Å². The van der Waals surface area contributed by atoms with E-state index >= 15 is 0 Å². The first kappa shape index (κ1) is 27.5. The van der Waals surface area contributed by atoms with Gasteiger partial charge in [-0.2, -0.15) is 0 Å². The van der Waals surface area contributed by atoms with E-state index in [0.29, 0.717) is 28.1 Å². The molecule has 1 atom stereocenters. The zero-order valence-electron chi connectivity index (χ0n) is 22.4. The summed E-state index contributed by atoms with van der Waals surface area (Å²) in [6, 6.07) is 12.0. The third kappa shape index (κ3) is 6.05. The Bertz CT molecular complexity index is 1120. The molecule has 0 N–H and O–H groups in total. The number of hydrogen-bond donors (Lipinski definition) is 0. The lowest BCUT2D eigenvalue weighted by Gasteiger charge is -2.34. The molecular formula is C31H39Cl2N3O2. The van der Waals surface area contributed by atoms with Crippen LogP contribution in [0.5, 0.6) is 0 Å². The summed E-state index contributed by atoms with van der Waals surface area (Å²) in [4.78, 5) is 32.7. The fourth-order valence-corrected chi connectivity index (χ4v) is 7.04. The zero-order chi connectivity index (χ0) is 26.6. The van der Waals surface area contributed by atoms with Gasteiger partial charge in [-0.15, -0.1) is 0 Å². The summed E-state index contributed by atoms with van der Waals surface area (Å²) >= 11 is 13.5. The Kier molecular flexibility index (Phi) is 8.97. The van der Waals surface area contributed by atoms with Crippen molar-refractivity contribution >= 4 is 35.0 Å². The van der Waals surface area contributed by atoms with Crippen molar-refractivity contribution in [3.05, 3.63) is 57.6 Å². The lowest BCUT2D eigenvalue weighted by Crippen LogP contribution is -2.48. The number of carbonyl (C=O) groups is 2. The number of halogens is 2. The fraction of sp³-hybridized carbons (Fsp3) is 0.548. The highest BCUT2D eigenvalue weighted by atomic mass is 35.5. The van der Waals surface area contributed by atoms with Gasteiger partial charge in [-0.1, -0.05) is 61.5 Å². The number of nitrogens with zero attached hydrogens (tertiary/aromatic N) is 3. The first-order chi connectivity index (χ1) is 18.4. The highest BCUT2D eigenvalue weighted by molar-refractivity contribution is 6.36. The Hall–Kier alpha value is -2.08. The van der Waals surface area contributed by atoms with Crippen LogP contribution in [-0.2, 0) is 11.2 Å². The summed E-state index contributed by atoms with van der Waals surface area (Å²) in [5.41, 5.74) is 3.44. The average Bonchev–Trinajstić information content (AvgIpc) is 3.31. The number of likely N-dealkylation sites (tertiary alicyclic amines) is 1. The molecule has 2 aliphatic heterocycles. The molecule has 2 saturated heterocycles. The smallest absolute Gasteiger partial charge is 0.253 e. The van der Waals surface area contributed by atoms with Crippen LogP contribution in [0.3, 0.4) is 0 Å². The summed E-state index contributed by atoms with van der Waals surface area (Å²) in [6.07, 6.45) is 8.60. The maximum absolute atomic E-state index is 13.2. The number of piperazine rings is 1. The number of amides is 2. The quantitative estimate of drug-likeness (QED) is 0.389. The van der Waals surface area contributed by atoms with Crippen LogP contribution < -0.4 is 0 Å². The van der Waals surface area contributed by atoms with Gasteiger partial charge in [0, 0.05) is 60.3 Å². The van der Waals surface area contributed by atoms with Gasteiger partial charge in [-0.3, -0.25) is 14.5 Å². The van der Waals surface area contributed by atoms with Crippen molar-refractivity contribution in [2.45, 2.75) is 64.3 Å². The molecule has 5 nitrogen and oxygen atoms in total. The predicted octanol–water partition coefficient (Wildman–Crippen LogP) is 6.55. The van der Waals surface area contributed by atoms with Crippen LogP contribution in [-0.4, -0.2) is 71.8 Å². The second-order valence-corrected chi connectivity index (χ2v) is 12.0. The van der Waals surface area contributed by atoms with E-state index in [1.807, 2.05) is 41.3 Å². The second kappa shape index (κ2) is 12.4. The molecule has 3 fully saturated rings. The molecule has 2 aromatic carbocycles. The van der Waals surface area contributed by atoms with Crippen LogP contribution in [0.4, 0.5) is 0 Å². The topological polar surface area (TPSA) is 43.9 Å². The van der Waals surface area contributed by atoms with E-state index in [4.69, 9.17) is 23.2 Å². The standard InChI is InChI=1S/C31H39Cl2N3O2/c1-2-13-34-15-17-35(18-16-34)30(37)23-10-8-22(9-11-23)25-20-28(32)27(29(33)21-25)19-24-12-14-36(31(24)38)26-6-4-3-5-7-26/h8-11,20-21,24,26H,2-7,12-19H2,1H3. The largest absolute Gasteiger partial charge is 0.339 e. The molecule has 0 spiro atoms. The van der Waals surface area contributed by atoms with Gasteiger partial charge < -0.3 is 9.80 Å². The van der Waals surface area contributed by atoms with Crippen molar-refractivity contribution in [1.29, 1.82) is 0 Å². The molecule has 3 aliphatic rings. The molecular weight excluding hydrogens is 517 g/mol. The van der Waals surface area contributed by atoms with Gasteiger partial charge in [0.15, 0.2) is 0 Å². The number of carbonyl (C=O) groups excluding carboxylic acids is 2. The zero-order valence-corrected chi connectivity index (χ0v) is 23.9. The summed E-state index contributed by atoms with van der Waals surface area (Å²) in [7, 11) is 0. The van der Waals surface area contributed by atoms with Gasteiger partial charge in [0.1, 0.15) is 0 Å². The van der Waals surface area contributed by atoms with Crippen LogP contribution in [0.25, 0.3) is 11.1 Å². The van der Waals surface area contributed by atoms with Crippen molar-refractivity contribution < 1.29 is 9.59 Å². The van der Waals surface area contributed by atoms with E-state index in [-0.39, 0.29) is 17.7 Å². The molecule has 2 amide bonds. The summed E-state index contributed by atoms with van der Waals surface area (Å²) < 4.78 is 0. The molecule has 2 aromatic rings. The maximum Gasteiger partial charge on any atom is 0.253 e. The van der Waals surface area contributed by atoms with E-state index in [1.165, 1.54) is 19.3 Å². The van der Waals surface area contributed by atoms with Crippen molar-refractivity contribution in [1.82, 2.24) is 14.7 Å².